The third kappa shape index (κ3) is 2.57. The van der Waals surface area contributed by atoms with E-state index >= 15 is 0 Å². The second-order valence-corrected chi connectivity index (χ2v) is 3.41. The number of hydrogen-bond acceptors (Lipinski definition) is 4. The number of hydrogen-bond donors (Lipinski definition) is 1. The standard InChI is InChI=1S/C12H9NO4/c14-10(7-11(15)16)8-2-1-3-9(6-8)12-13-4-5-17-12/h1-6H,7H2,(H,15,16). The molecule has 1 aromatic carbocycles. The van der Waals surface area contributed by atoms with Gasteiger partial charge in [0.25, 0.3) is 0 Å². The Labute approximate surface area is 96.7 Å². The molecule has 1 N–H and O–H groups in total. The van der Waals surface area contributed by atoms with Crippen molar-refractivity contribution in [1.29, 1.82) is 0 Å². The molecule has 1 aromatic heterocycles. The van der Waals surface area contributed by atoms with E-state index < -0.39 is 18.2 Å². The van der Waals surface area contributed by atoms with E-state index in [-0.39, 0.29) is 0 Å². The molecule has 0 saturated carbocycles. The van der Waals surface area contributed by atoms with Gasteiger partial charge in [0.1, 0.15) is 12.7 Å². The summed E-state index contributed by atoms with van der Waals surface area (Å²) in [6.45, 7) is 0. The Bertz CT molecular complexity index is 545. The fourth-order valence-corrected chi connectivity index (χ4v) is 1.43. The van der Waals surface area contributed by atoms with Gasteiger partial charge in [-0.15, -0.1) is 0 Å². The van der Waals surface area contributed by atoms with E-state index in [0.717, 1.165) is 0 Å². The summed E-state index contributed by atoms with van der Waals surface area (Å²) < 4.78 is 5.10. The van der Waals surface area contributed by atoms with Crippen LogP contribution in [0, 0.1) is 0 Å². The van der Waals surface area contributed by atoms with E-state index in [9.17, 15) is 9.59 Å². The first-order chi connectivity index (χ1) is 8.16. The van der Waals surface area contributed by atoms with Crippen molar-refractivity contribution in [2.75, 3.05) is 0 Å². The Balaban J connectivity index is 2.29. The molecular weight excluding hydrogens is 222 g/mol. The molecule has 0 atom stereocenters. The van der Waals surface area contributed by atoms with Crippen LogP contribution in [0.1, 0.15) is 16.8 Å². The maximum absolute atomic E-state index is 11.5. The Hall–Kier alpha value is -2.43. The molecule has 0 aliphatic heterocycles. The summed E-state index contributed by atoms with van der Waals surface area (Å²) in [5.74, 6) is -1.18. The molecule has 0 saturated heterocycles. The fraction of sp³-hybridized carbons (Fsp3) is 0.0833. The zero-order valence-corrected chi connectivity index (χ0v) is 8.79. The second kappa shape index (κ2) is 4.61. The van der Waals surface area contributed by atoms with Crippen molar-refractivity contribution < 1.29 is 19.1 Å². The number of aliphatic carboxylic acids is 1. The molecule has 2 aromatic rings. The third-order valence-electron chi connectivity index (χ3n) is 2.18. The summed E-state index contributed by atoms with van der Waals surface area (Å²) in [6.07, 6.45) is 2.41. The average molecular weight is 231 g/mol. The molecule has 0 spiro atoms. The van der Waals surface area contributed by atoms with Gasteiger partial charge in [-0.3, -0.25) is 9.59 Å². The van der Waals surface area contributed by atoms with Crippen LogP contribution in [0.25, 0.3) is 11.5 Å². The van der Waals surface area contributed by atoms with Gasteiger partial charge in [-0.05, 0) is 12.1 Å². The molecule has 5 nitrogen and oxygen atoms in total. The Morgan fingerprint density at radius 3 is 2.82 bits per heavy atom. The molecular formula is C12H9NO4. The van der Waals surface area contributed by atoms with Crippen molar-refractivity contribution in [3.63, 3.8) is 0 Å². The van der Waals surface area contributed by atoms with E-state index in [4.69, 9.17) is 9.52 Å². The number of carbonyl (C=O) groups is 2. The monoisotopic (exact) mass is 231 g/mol. The first kappa shape index (κ1) is 11.1. The number of Topliss-reactive ketones (excluding diaryl/α,β-unsaturated/α-hetero) is 1. The van der Waals surface area contributed by atoms with E-state index in [1.54, 1.807) is 24.3 Å². The van der Waals surface area contributed by atoms with Crippen LogP contribution in [-0.4, -0.2) is 21.8 Å². The van der Waals surface area contributed by atoms with Crippen LogP contribution in [0.15, 0.2) is 41.1 Å². The SMILES string of the molecule is O=C(O)CC(=O)c1cccc(-c2ncco2)c1. The van der Waals surface area contributed by atoms with E-state index in [1.807, 2.05) is 0 Å². The minimum absolute atomic E-state index is 0.336. The highest BCUT2D eigenvalue weighted by Gasteiger charge is 2.12. The highest BCUT2D eigenvalue weighted by atomic mass is 16.4. The third-order valence-corrected chi connectivity index (χ3v) is 2.18. The summed E-state index contributed by atoms with van der Waals surface area (Å²) >= 11 is 0. The normalized spacial score (nSPS) is 10.1. The minimum atomic E-state index is -1.14. The van der Waals surface area contributed by atoms with Gasteiger partial charge >= 0.3 is 5.97 Å². The van der Waals surface area contributed by atoms with E-state index in [1.165, 1.54) is 12.5 Å². The molecule has 0 bridgehead atoms. The molecule has 1 heterocycles. The van der Waals surface area contributed by atoms with Crippen molar-refractivity contribution in [2.45, 2.75) is 6.42 Å². The topological polar surface area (TPSA) is 80.4 Å². The predicted molar refractivity (Wildman–Crippen MR) is 58.5 cm³/mol. The van der Waals surface area contributed by atoms with Crippen LogP contribution in [-0.2, 0) is 4.79 Å². The van der Waals surface area contributed by atoms with Crippen LogP contribution in [0.2, 0.25) is 0 Å². The largest absolute Gasteiger partial charge is 0.481 e. The number of nitrogens with zero attached hydrogens (tertiary/aromatic N) is 1. The van der Waals surface area contributed by atoms with Crippen molar-refractivity contribution in [3.05, 3.63) is 42.3 Å². The summed E-state index contributed by atoms with van der Waals surface area (Å²) in [7, 11) is 0. The van der Waals surface area contributed by atoms with Crippen molar-refractivity contribution in [3.8, 4) is 11.5 Å². The lowest BCUT2D eigenvalue weighted by molar-refractivity contribution is -0.135. The zero-order valence-electron chi connectivity index (χ0n) is 8.79. The van der Waals surface area contributed by atoms with Crippen LogP contribution >= 0.6 is 0 Å². The van der Waals surface area contributed by atoms with Crippen molar-refractivity contribution >= 4 is 11.8 Å². The molecule has 0 aliphatic rings. The molecule has 0 radical (unpaired) electrons. The summed E-state index contributed by atoms with van der Waals surface area (Å²) in [6, 6.07) is 6.53. The number of aromatic nitrogens is 1. The summed E-state index contributed by atoms with van der Waals surface area (Å²) in [4.78, 5) is 25.9. The lowest BCUT2D eigenvalue weighted by Gasteiger charge is -2.00. The number of carbonyl (C=O) groups excluding carboxylic acids is 1. The van der Waals surface area contributed by atoms with Gasteiger partial charge in [-0.2, -0.15) is 0 Å². The number of ketones is 1. The Kier molecular flexibility index (Phi) is 3.00. The number of oxazole rings is 1. The molecule has 2 rings (SSSR count). The van der Waals surface area contributed by atoms with Crippen molar-refractivity contribution in [1.82, 2.24) is 4.98 Å². The van der Waals surface area contributed by atoms with Gasteiger partial charge in [0.15, 0.2) is 5.78 Å². The highest BCUT2D eigenvalue weighted by Crippen LogP contribution is 2.18. The second-order valence-electron chi connectivity index (χ2n) is 3.41. The van der Waals surface area contributed by atoms with Gasteiger partial charge in [0.05, 0.1) is 6.20 Å². The van der Waals surface area contributed by atoms with E-state index in [0.29, 0.717) is 17.0 Å². The molecule has 0 amide bonds. The quantitative estimate of drug-likeness (QED) is 0.643. The van der Waals surface area contributed by atoms with Gasteiger partial charge < -0.3 is 9.52 Å². The van der Waals surface area contributed by atoms with Crippen LogP contribution in [0.5, 0.6) is 0 Å². The van der Waals surface area contributed by atoms with Crippen molar-refractivity contribution in [2.24, 2.45) is 0 Å². The number of carboxylic acids is 1. The predicted octanol–water partition coefficient (Wildman–Crippen LogP) is 2.00. The first-order valence-electron chi connectivity index (χ1n) is 4.92. The lowest BCUT2D eigenvalue weighted by Crippen LogP contribution is -2.06. The van der Waals surface area contributed by atoms with Crippen LogP contribution in [0.3, 0.4) is 0 Å². The Morgan fingerprint density at radius 2 is 2.18 bits per heavy atom. The maximum atomic E-state index is 11.5. The fourth-order valence-electron chi connectivity index (χ4n) is 1.43. The minimum Gasteiger partial charge on any atom is -0.481 e. The van der Waals surface area contributed by atoms with Gasteiger partial charge in [0, 0.05) is 11.1 Å². The first-order valence-corrected chi connectivity index (χ1v) is 4.92. The molecule has 0 fully saturated rings. The molecule has 0 aliphatic carbocycles. The number of carboxylic acid groups (broad SMARTS) is 1. The Morgan fingerprint density at radius 1 is 1.35 bits per heavy atom. The number of rotatable bonds is 4. The molecule has 17 heavy (non-hydrogen) atoms. The van der Waals surface area contributed by atoms with Crippen LogP contribution < -0.4 is 0 Å². The lowest BCUT2D eigenvalue weighted by atomic mass is 10.1. The molecule has 86 valence electrons. The van der Waals surface area contributed by atoms with Crippen LogP contribution in [0.4, 0.5) is 0 Å². The smallest absolute Gasteiger partial charge is 0.311 e. The molecule has 5 heteroatoms. The van der Waals surface area contributed by atoms with Gasteiger partial charge in [-0.1, -0.05) is 12.1 Å². The zero-order chi connectivity index (χ0) is 12.3. The number of benzene rings is 1. The summed E-state index contributed by atoms with van der Waals surface area (Å²) in [5.41, 5.74) is 0.981. The molecule has 0 unspecified atom stereocenters. The maximum Gasteiger partial charge on any atom is 0.311 e. The van der Waals surface area contributed by atoms with E-state index in [2.05, 4.69) is 4.98 Å². The van der Waals surface area contributed by atoms with Gasteiger partial charge in [0.2, 0.25) is 5.89 Å². The van der Waals surface area contributed by atoms with Gasteiger partial charge in [-0.25, -0.2) is 4.98 Å². The average Bonchev–Trinajstić information content (AvgIpc) is 2.82. The summed E-state index contributed by atoms with van der Waals surface area (Å²) in [5, 5.41) is 8.55. The highest BCUT2D eigenvalue weighted by molar-refractivity contribution is 6.05.